The minimum absolute atomic E-state index is 0.104. The molecule has 152 valence electrons. The highest BCUT2D eigenvalue weighted by atomic mass is 16.2. The number of aromatic nitrogens is 3. The van der Waals surface area contributed by atoms with Gasteiger partial charge in [0.05, 0.1) is 5.69 Å². The Morgan fingerprint density at radius 2 is 1.87 bits per heavy atom. The van der Waals surface area contributed by atoms with Crippen LogP contribution in [0.4, 0.5) is 0 Å². The Kier molecular flexibility index (Phi) is 5.75. The van der Waals surface area contributed by atoms with Crippen molar-refractivity contribution >= 4 is 16.8 Å². The zero-order valence-corrected chi connectivity index (χ0v) is 16.9. The SMILES string of the molecule is CCc1ccc(-c2ccc(=O)n(CC(=O)NCCc3c[nH]c4ccccc34)n2)cc1. The Morgan fingerprint density at radius 1 is 1.07 bits per heavy atom. The maximum absolute atomic E-state index is 12.4. The first-order chi connectivity index (χ1) is 14.6. The number of rotatable bonds is 7. The Labute approximate surface area is 174 Å². The van der Waals surface area contributed by atoms with E-state index in [1.807, 2.05) is 48.7 Å². The molecule has 0 aliphatic carbocycles. The zero-order chi connectivity index (χ0) is 20.9. The Morgan fingerprint density at radius 3 is 2.67 bits per heavy atom. The predicted octanol–water partition coefficient (Wildman–Crippen LogP) is 3.31. The lowest BCUT2D eigenvalue weighted by molar-refractivity contribution is -0.121. The average Bonchev–Trinajstić information content (AvgIpc) is 3.18. The summed E-state index contributed by atoms with van der Waals surface area (Å²) in [5.74, 6) is -0.233. The molecule has 2 heterocycles. The van der Waals surface area contributed by atoms with Crippen LogP contribution in [0, 0.1) is 0 Å². The molecular formula is C24H24N4O2. The molecule has 4 aromatic rings. The first-order valence-electron chi connectivity index (χ1n) is 10.1. The van der Waals surface area contributed by atoms with Gasteiger partial charge in [0.2, 0.25) is 5.91 Å². The van der Waals surface area contributed by atoms with Gasteiger partial charge in [0.1, 0.15) is 6.54 Å². The second-order valence-electron chi connectivity index (χ2n) is 7.22. The lowest BCUT2D eigenvalue weighted by Crippen LogP contribution is -2.34. The summed E-state index contributed by atoms with van der Waals surface area (Å²) in [6.07, 6.45) is 3.64. The van der Waals surface area contributed by atoms with Gasteiger partial charge in [0.25, 0.3) is 5.56 Å². The molecule has 6 heteroatoms. The number of aromatic amines is 1. The summed E-state index contributed by atoms with van der Waals surface area (Å²) in [4.78, 5) is 27.8. The molecule has 1 amide bonds. The molecule has 4 rings (SSSR count). The Balaban J connectivity index is 1.39. The number of aryl methyl sites for hydroxylation is 1. The van der Waals surface area contributed by atoms with Crippen LogP contribution in [-0.4, -0.2) is 27.2 Å². The van der Waals surface area contributed by atoms with Crippen LogP contribution >= 0.6 is 0 Å². The van der Waals surface area contributed by atoms with Gasteiger partial charge in [-0.15, -0.1) is 0 Å². The van der Waals surface area contributed by atoms with E-state index in [1.54, 1.807) is 6.07 Å². The fourth-order valence-corrected chi connectivity index (χ4v) is 3.49. The minimum atomic E-state index is -0.296. The van der Waals surface area contributed by atoms with E-state index in [0.29, 0.717) is 18.7 Å². The van der Waals surface area contributed by atoms with Crippen molar-refractivity contribution in [1.82, 2.24) is 20.1 Å². The molecule has 6 nitrogen and oxygen atoms in total. The van der Waals surface area contributed by atoms with E-state index >= 15 is 0 Å². The summed E-state index contributed by atoms with van der Waals surface area (Å²) < 4.78 is 1.21. The molecule has 0 saturated carbocycles. The van der Waals surface area contributed by atoms with E-state index in [9.17, 15) is 9.59 Å². The van der Waals surface area contributed by atoms with Gasteiger partial charge in [0.15, 0.2) is 0 Å². The lowest BCUT2D eigenvalue weighted by atomic mass is 10.1. The maximum atomic E-state index is 12.4. The van der Waals surface area contributed by atoms with Gasteiger partial charge >= 0.3 is 0 Å². The number of nitrogens with one attached hydrogen (secondary N) is 2. The monoisotopic (exact) mass is 400 g/mol. The van der Waals surface area contributed by atoms with Crippen molar-refractivity contribution in [2.24, 2.45) is 0 Å². The van der Waals surface area contributed by atoms with Crippen LogP contribution in [0.2, 0.25) is 0 Å². The normalized spacial score (nSPS) is 11.0. The fourth-order valence-electron chi connectivity index (χ4n) is 3.49. The third-order valence-electron chi connectivity index (χ3n) is 5.21. The summed E-state index contributed by atoms with van der Waals surface area (Å²) in [6.45, 7) is 2.49. The Hall–Kier alpha value is -3.67. The van der Waals surface area contributed by atoms with Crippen molar-refractivity contribution in [3.8, 4) is 11.3 Å². The third-order valence-corrected chi connectivity index (χ3v) is 5.21. The van der Waals surface area contributed by atoms with Gasteiger partial charge in [-0.25, -0.2) is 4.68 Å². The molecule has 0 bridgehead atoms. The molecule has 0 saturated heterocycles. The van der Waals surface area contributed by atoms with Crippen molar-refractivity contribution in [2.45, 2.75) is 26.3 Å². The predicted molar refractivity (Wildman–Crippen MR) is 118 cm³/mol. The van der Waals surface area contributed by atoms with E-state index in [1.165, 1.54) is 16.3 Å². The van der Waals surface area contributed by atoms with Gasteiger partial charge < -0.3 is 10.3 Å². The van der Waals surface area contributed by atoms with Crippen LogP contribution in [0.25, 0.3) is 22.2 Å². The topological polar surface area (TPSA) is 79.8 Å². The van der Waals surface area contributed by atoms with E-state index < -0.39 is 0 Å². The van der Waals surface area contributed by atoms with Crippen LogP contribution in [0.1, 0.15) is 18.1 Å². The number of amides is 1. The largest absolute Gasteiger partial charge is 0.361 e. The molecule has 0 aliphatic rings. The number of nitrogens with zero attached hydrogens (tertiary/aromatic N) is 2. The van der Waals surface area contributed by atoms with Crippen molar-refractivity contribution in [3.63, 3.8) is 0 Å². The molecular weight excluding hydrogens is 376 g/mol. The van der Waals surface area contributed by atoms with Crippen LogP contribution in [-0.2, 0) is 24.2 Å². The molecule has 0 radical (unpaired) electrons. The first kappa shape index (κ1) is 19.6. The smallest absolute Gasteiger partial charge is 0.267 e. The zero-order valence-electron chi connectivity index (χ0n) is 16.9. The van der Waals surface area contributed by atoms with Crippen molar-refractivity contribution in [3.05, 3.63) is 88.3 Å². The summed E-state index contributed by atoms with van der Waals surface area (Å²) in [5, 5.41) is 8.42. The molecule has 2 aromatic carbocycles. The van der Waals surface area contributed by atoms with Crippen molar-refractivity contribution in [1.29, 1.82) is 0 Å². The van der Waals surface area contributed by atoms with Crippen LogP contribution in [0.15, 0.2) is 71.7 Å². The number of carbonyl (C=O) groups is 1. The van der Waals surface area contributed by atoms with E-state index in [4.69, 9.17) is 0 Å². The quantitative estimate of drug-likeness (QED) is 0.499. The summed E-state index contributed by atoms with van der Waals surface area (Å²) >= 11 is 0. The molecule has 0 atom stereocenters. The molecule has 0 fully saturated rings. The van der Waals surface area contributed by atoms with Crippen molar-refractivity contribution < 1.29 is 4.79 Å². The van der Waals surface area contributed by atoms with Crippen molar-refractivity contribution in [2.75, 3.05) is 6.54 Å². The minimum Gasteiger partial charge on any atom is -0.361 e. The lowest BCUT2D eigenvalue weighted by Gasteiger charge is -2.09. The second-order valence-corrected chi connectivity index (χ2v) is 7.22. The van der Waals surface area contributed by atoms with Gasteiger partial charge in [0, 0.05) is 35.3 Å². The number of carbonyl (C=O) groups excluding carboxylic acids is 1. The van der Waals surface area contributed by atoms with E-state index in [0.717, 1.165) is 28.5 Å². The molecule has 0 unspecified atom stereocenters. The number of fused-ring (bicyclic) bond motifs is 1. The summed E-state index contributed by atoms with van der Waals surface area (Å²) in [5.41, 5.74) is 4.76. The van der Waals surface area contributed by atoms with Crippen LogP contribution in [0.3, 0.4) is 0 Å². The van der Waals surface area contributed by atoms with Crippen LogP contribution in [0.5, 0.6) is 0 Å². The second kappa shape index (κ2) is 8.78. The highest BCUT2D eigenvalue weighted by Crippen LogP contribution is 2.18. The first-order valence-corrected chi connectivity index (χ1v) is 10.1. The van der Waals surface area contributed by atoms with Crippen LogP contribution < -0.4 is 10.9 Å². The molecule has 2 N–H and O–H groups in total. The number of para-hydroxylation sites is 1. The summed E-state index contributed by atoms with van der Waals surface area (Å²) in [7, 11) is 0. The third kappa shape index (κ3) is 4.33. The standard InChI is InChI=1S/C24H24N4O2/c1-2-17-7-9-18(10-8-17)21-11-12-24(30)28(27-21)16-23(29)25-14-13-19-15-26-22-6-4-3-5-20(19)22/h3-12,15,26H,2,13-14,16H2,1H3,(H,25,29). The molecule has 30 heavy (non-hydrogen) atoms. The number of hydrogen-bond acceptors (Lipinski definition) is 3. The Bertz CT molecular complexity index is 1220. The van der Waals surface area contributed by atoms with E-state index in [-0.39, 0.29) is 18.0 Å². The van der Waals surface area contributed by atoms with Gasteiger partial charge in [-0.1, -0.05) is 49.4 Å². The summed E-state index contributed by atoms with van der Waals surface area (Å²) in [6, 6.07) is 19.3. The average molecular weight is 400 g/mol. The molecule has 0 spiro atoms. The van der Waals surface area contributed by atoms with Gasteiger partial charge in [-0.3, -0.25) is 9.59 Å². The van der Waals surface area contributed by atoms with Gasteiger partial charge in [-0.2, -0.15) is 5.10 Å². The number of hydrogen-bond donors (Lipinski definition) is 2. The molecule has 0 aliphatic heterocycles. The van der Waals surface area contributed by atoms with Gasteiger partial charge in [-0.05, 0) is 36.1 Å². The molecule has 2 aromatic heterocycles. The highest BCUT2D eigenvalue weighted by molar-refractivity contribution is 5.83. The number of benzene rings is 2. The highest BCUT2D eigenvalue weighted by Gasteiger charge is 2.09. The van der Waals surface area contributed by atoms with E-state index in [2.05, 4.69) is 28.4 Å². The number of H-pyrrole nitrogens is 1. The fraction of sp³-hybridized carbons (Fsp3) is 0.208. The maximum Gasteiger partial charge on any atom is 0.267 e.